The Hall–Kier alpha value is -0.610. The summed E-state index contributed by atoms with van der Waals surface area (Å²) in [5.74, 6) is -0.0794. The van der Waals surface area contributed by atoms with E-state index in [1.807, 2.05) is 0 Å². The highest BCUT2D eigenvalue weighted by atomic mass is 35.5. The second-order valence-corrected chi connectivity index (χ2v) is 6.31. The fourth-order valence-electron chi connectivity index (χ4n) is 1.55. The molecule has 17 heavy (non-hydrogen) atoms. The maximum absolute atomic E-state index is 13.3. The van der Waals surface area contributed by atoms with Crippen molar-refractivity contribution >= 4 is 21.4 Å². The summed E-state index contributed by atoms with van der Waals surface area (Å²) in [6.07, 6.45) is 3.16. The van der Waals surface area contributed by atoms with Crippen molar-refractivity contribution in [2.45, 2.75) is 30.6 Å². The molecule has 0 fully saturated rings. The van der Waals surface area contributed by atoms with Crippen molar-refractivity contribution in [3.8, 4) is 0 Å². The Bertz CT molecular complexity index is 446. The van der Waals surface area contributed by atoms with Crippen molar-refractivity contribution in [1.29, 1.82) is 0 Å². The molecule has 0 aromatic heterocycles. The van der Waals surface area contributed by atoms with Crippen LogP contribution in [-0.2, 0) is 9.84 Å². The fraction of sp³-hybridized carbons (Fsp3) is 0.500. The summed E-state index contributed by atoms with van der Waals surface area (Å²) in [7, 11) is -3.49. The van der Waals surface area contributed by atoms with Gasteiger partial charge in [-0.1, -0.05) is 25.0 Å². The third-order valence-corrected chi connectivity index (χ3v) is 4.56. The van der Waals surface area contributed by atoms with Gasteiger partial charge in [0.15, 0.2) is 9.84 Å². The Morgan fingerprint density at radius 1 is 1.06 bits per heavy atom. The van der Waals surface area contributed by atoms with Crippen LogP contribution in [0, 0.1) is 5.82 Å². The maximum atomic E-state index is 13.3. The molecule has 0 N–H and O–H groups in total. The van der Waals surface area contributed by atoms with E-state index in [-0.39, 0.29) is 10.6 Å². The van der Waals surface area contributed by atoms with Crippen molar-refractivity contribution in [1.82, 2.24) is 0 Å². The van der Waals surface area contributed by atoms with E-state index >= 15 is 0 Å². The van der Waals surface area contributed by atoms with Crippen LogP contribution in [0.5, 0.6) is 0 Å². The number of unbranched alkanes of at least 4 members (excludes halogenated alkanes) is 3. The van der Waals surface area contributed by atoms with E-state index in [4.69, 9.17) is 11.6 Å². The first-order valence-corrected chi connectivity index (χ1v) is 7.80. The van der Waals surface area contributed by atoms with Crippen molar-refractivity contribution < 1.29 is 12.8 Å². The Morgan fingerprint density at radius 3 is 2.35 bits per heavy atom. The van der Waals surface area contributed by atoms with Gasteiger partial charge in [-0.2, -0.15) is 0 Å². The molecule has 1 aromatic carbocycles. The predicted molar refractivity (Wildman–Crippen MR) is 67.6 cm³/mol. The fourth-order valence-corrected chi connectivity index (χ4v) is 3.19. The molecule has 5 heteroatoms. The van der Waals surface area contributed by atoms with Gasteiger partial charge in [-0.05, 0) is 25.0 Å². The molecule has 0 aliphatic carbocycles. The third kappa shape index (κ3) is 4.64. The van der Waals surface area contributed by atoms with Gasteiger partial charge in [0.2, 0.25) is 0 Å². The van der Waals surface area contributed by atoms with Crippen LogP contribution >= 0.6 is 11.6 Å². The summed E-state index contributed by atoms with van der Waals surface area (Å²) in [6, 6.07) is 5.49. The van der Waals surface area contributed by atoms with E-state index in [1.54, 1.807) is 0 Å². The Kier molecular flexibility index (Phi) is 5.92. The van der Waals surface area contributed by atoms with E-state index in [0.717, 1.165) is 19.3 Å². The van der Waals surface area contributed by atoms with Crippen LogP contribution < -0.4 is 0 Å². The topological polar surface area (TPSA) is 34.1 Å². The molecule has 96 valence electrons. The van der Waals surface area contributed by atoms with E-state index < -0.39 is 15.7 Å². The van der Waals surface area contributed by atoms with E-state index in [0.29, 0.717) is 12.3 Å². The zero-order valence-electron chi connectivity index (χ0n) is 9.53. The number of rotatable bonds is 7. The largest absolute Gasteiger partial charge is 0.224 e. The molecule has 1 rings (SSSR count). The van der Waals surface area contributed by atoms with Gasteiger partial charge in [0.05, 0.1) is 5.75 Å². The van der Waals surface area contributed by atoms with E-state index in [1.165, 1.54) is 24.3 Å². The highest BCUT2D eigenvalue weighted by Gasteiger charge is 2.17. The van der Waals surface area contributed by atoms with Crippen molar-refractivity contribution in [3.63, 3.8) is 0 Å². The molecule has 0 aliphatic heterocycles. The minimum absolute atomic E-state index is 0.00375. The minimum Gasteiger partial charge on any atom is -0.224 e. The van der Waals surface area contributed by atoms with Crippen molar-refractivity contribution in [2.24, 2.45) is 0 Å². The van der Waals surface area contributed by atoms with Gasteiger partial charge in [-0.25, -0.2) is 12.8 Å². The molecule has 0 unspecified atom stereocenters. The highest BCUT2D eigenvalue weighted by molar-refractivity contribution is 7.91. The van der Waals surface area contributed by atoms with Gasteiger partial charge < -0.3 is 0 Å². The van der Waals surface area contributed by atoms with Gasteiger partial charge >= 0.3 is 0 Å². The average Bonchev–Trinajstić information content (AvgIpc) is 2.29. The molecule has 0 atom stereocenters. The quantitative estimate of drug-likeness (QED) is 0.566. The number of hydrogen-bond acceptors (Lipinski definition) is 2. The minimum atomic E-state index is -3.49. The molecule has 0 heterocycles. The molecular weight excluding hydrogens is 263 g/mol. The number of hydrogen-bond donors (Lipinski definition) is 0. The van der Waals surface area contributed by atoms with Crippen LogP contribution in [0.1, 0.15) is 25.7 Å². The van der Waals surface area contributed by atoms with Gasteiger partial charge in [0.1, 0.15) is 10.7 Å². The van der Waals surface area contributed by atoms with Gasteiger partial charge in [0.25, 0.3) is 0 Å². The smallest absolute Gasteiger partial charge is 0.181 e. The molecule has 0 amide bonds. The van der Waals surface area contributed by atoms with Crippen LogP contribution in [0.4, 0.5) is 4.39 Å². The van der Waals surface area contributed by atoms with Crippen LogP contribution in [-0.4, -0.2) is 20.1 Å². The molecular formula is C12H16ClFO2S. The van der Waals surface area contributed by atoms with Gasteiger partial charge in [-0.15, -0.1) is 11.6 Å². The predicted octanol–water partition coefficient (Wildman–Crippen LogP) is 3.40. The van der Waals surface area contributed by atoms with Crippen molar-refractivity contribution in [3.05, 3.63) is 30.1 Å². The summed E-state index contributed by atoms with van der Waals surface area (Å²) in [5, 5.41) is 0. The summed E-state index contributed by atoms with van der Waals surface area (Å²) < 4.78 is 37.0. The molecule has 0 spiro atoms. The van der Waals surface area contributed by atoms with Gasteiger partial charge in [0, 0.05) is 5.88 Å². The summed E-state index contributed by atoms with van der Waals surface area (Å²) in [4.78, 5) is -0.197. The van der Waals surface area contributed by atoms with E-state index in [9.17, 15) is 12.8 Å². The Labute approximate surface area is 107 Å². The summed E-state index contributed by atoms with van der Waals surface area (Å²) >= 11 is 5.52. The first-order valence-electron chi connectivity index (χ1n) is 5.61. The maximum Gasteiger partial charge on any atom is 0.181 e. The first kappa shape index (κ1) is 14.5. The highest BCUT2D eigenvalue weighted by Crippen LogP contribution is 2.17. The Morgan fingerprint density at radius 2 is 1.71 bits per heavy atom. The molecule has 0 saturated carbocycles. The zero-order chi connectivity index (χ0) is 12.7. The third-order valence-electron chi connectivity index (χ3n) is 2.47. The second-order valence-electron chi connectivity index (χ2n) is 3.85. The number of halogens is 2. The Balaban J connectivity index is 2.55. The van der Waals surface area contributed by atoms with Gasteiger partial charge in [-0.3, -0.25) is 0 Å². The lowest BCUT2D eigenvalue weighted by atomic mass is 10.2. The van der Waals surface area contributed by atoms with E-state index in [2.05, 4.69) is 0 Å². The van der Waals surface area contributed by atoms with Crippen molar-refractivity contribution in [2.75, 3.05) is 11.6 Å². The van der Waals surface area contributed by atoms with Crippen LogP contribution in [0.15, 0.2) is 29.2 Å². The van der Waals surface area contributed by atoms with Crippen LogP contribution in [0.25, 0.3) is 0 Å². The molecule has 0 saturated heterocycles. The molecule has 0 aliphatic rings. The lowest BCUT2D eigenvalue weighted by Gasteiger charge is -2.05. The summed E-state index contributed by atoms with van der Waals surface area (Å²) in [5.41, 5.74) is 0. The number of benzene rings is 1. The lowest BCUT2D eigenvalue weighted by molar-refractivity contribution is 0.563. The second kappa shape index (κ2) is 6.97. The molecule has 0 bridgehead atoms. The monoisotopic (exact) mass is 278 g/mol. The van der Waals surface area contributed by atoms with Crippen LogP contribution in [0.3, 0.4) is 0 Å². The van der Waals surface area contributed by atoms with Crippen LogP contribution in [0.2, 0.25) is 0 Å². The zero-order valence-corrected chi connectivity index (χ0v) is 11.1. The summed E-state index contributed by atoms with van der Waals surface area (Å²) in [6.45, 7) is 0. The molecule has 2 nitrogen and oxygen atoms in total. The normalized spacial score (nSPS) is 11.6. The standard InChI is InChI=1S/C12H16ClFO2S/c13-9-5-1-2-6-10-17(15,16)12-8-4-3-7-11(12)14/h3-4,7-8H,1-2,5-6,9-10H2. The average molecular weight is 279 g/mol. The molecule has 0 radical (unpaired) electrons. The first-order chi connectivity index (χ1) is 8.08. The molecule has 1 aromatic rings. The number of sulfone groups is 1. The lowest BCUT2D eigenvalue weighted by Crippen LogP contribution is -2.08. The number of alkyl halides is 1. The SMILES string of the molecule is O=S(=O)(CCCCCCCl)c1ccccc1F.